The normalized spacial score (nSPS) is 29.7. The zero-order valence-electron chi connectivity index (χ0n) is 26.9. The molecule has 1 heterocycles. The van der Waals surface area contributed by atoms with Gasteiger partial charge in [0.25, 0.3) is 0 Å². The number of allylic oxidation sites excluding steroid dienone is 2. The van der Waals surface area contributed by atoms with Crippen LogP contribution in [0.15, 0.2) is 41.7 Å². The molecule has 7 rings (SSSR count). The predicted molar refractivity (Wildman–Crippen MR) is 186 cm³/mol. The molecule has 1 aromatic rings. The summed E-state index contributed by atoms with van der Waals surface area (Å²) in [6, 6.07) is 7.46. The summed E-state index contributed by atoms with van der Waals surface area (Å²) >= 11 is 0. The highest BCUT2D eigenvalue weighted by Crippen LogP contribution is 2.66. The molecular weight excluding hydrogens is 546 g/mol. The van der Waals surface area contributed by atoms with Gasteiger partial charge >= 0.3 is 0 Å². The lowest BCUT2D eigenvalue weighted by molar-refractivity contribution is 0.120. The molecule has 0 radical (unpaired) electrons. The molecule has 1 aliphatic heterocycles. The van der Waals surface area contributed by atoms with Crippen molar-refractivity contribution in [3.8, 4) is 5.75 Å². The second-order valence-electron chi connectivity index (χ2n) is 15.4. The summed E-state index contributed by atoms with van der Waals surface area (Å²) < 4.78 is 7.65. The molecule has 0 spiro atoms. The maximum atomic E-state index is 7.65. The Kier molecular flexibility index (Phi) is 9.57. The van der Waals surface area contributed by atoms with Gasteiger partial charge in [-0.25, -0.2) is 0 Å². The van der Waals surface area contributed by atoms with Gasteiger partial charge in [-0.1, -0.05) is 143 Å². The van der Waals surface area contributed by atoms with Crippen LogP contribution in [0.5, 0.6) is 5.75 Å². The van der Waals surface area contributed by atoms with E-state index in [-0.39, 0.29) is 27.4 Å². The molecule has 0 unspecified atom stereocenters. The summed E-state index contributed by atoms with van der Waals surface area (Å²) in [5, 5.41) is 3.45. The highest BCUT2D eigenvalue weighted by atomic mass is 31.1. The van der Waals surface area contributed by atoms with E-state index in [1.165, 1.54) is 140 Å². The molecule has 230 valence electrons. The molecule has 0 bridgehead atoms. The summed E-state index contributed by atoms with van der Waals surface area (Å²) in [7, 11) is -0.332. The highest BCUT2D eigenvalue weighted by Gasteiger charge is 2.49. The van der Waals surface area contributed by atoms with Crippen LogP contribution in [0, 0.1) is 5.92 Å². The van der Waals surface area contributed by atoms with E-state index in [4.69, 9.17) is 4.74 Å². The molecule has 1 aromatic carbocycles. The van der Waals surface area contributed by atoms with E-state index in [1.807, 2.05) is 0 Å². The van der Waals surface area contributed by atoms with Crippen molar-refractivity contribution < 1.29 is 4.74 Å². The Morgan fingerprint density at radius 3 is 1.60 bits per heavy atom. The fraction of sp³-hybridized carbons (Fsp3) is 0.744. The minimum atomic E-state index is -0.184. The SMILES string of the molecule is CC1(C)c2cccc(P(C3CCCCC3)C3CCCCC3)c2O[C@@H]2C(P(C3CCCCC3)C3CCCCC3)=CC=C[C@H]21. The number of hydrogen-bond donors (Lipinski definition) is 0. The first-order valence-electron chi connectivity index (χ1n) is 18.4. The standard InChI is InChI=1S/C39H58OP2/c1-39(2)33-25-15-27-35(41(29-17-7-3-8-18-29)30-19-9-4-10-20-30)37(33)40-38-34(39)26-16-28-36(38)42(31-21-11-5-12-22-31)32-23-13-6-14-24-32/h15-16,25-33,37H,3-14,17-24H2,1-2H3/t33-,37+/m1/s1. The topological polar surface area (TPSA) is 9.23 Å². The monoisotopic (exact) mass is 604 g/mol. The van der Waals surface area contributed by atoms with Gasteiger partial charge in [0, 0.05) is 22.2 Å². The van der Waals surface area contributed by atoms with Gasteiger partial charge < -0.3 is 4.74 Å². The largest absolute Gasteiger partial charge is 0.484 e. The molecule has 0 amide bonds. The van der Waals surface area contributed by atoms with Crippen molar-refractivity contribution in [1.82, 2.24) is 0 Å². The van der Waals surface area contributed by atoms with Crippen LogP contribution >= 0.6 is 15.8 Å². The van der Waals surface area contributed by atoms with Gasteiger partial charge in [-0.15, -0.1) is 0 Å². The van der Waals surface area contributed by atoms with Gasteiger partial charge in [-0.3, -0.25) is 0 Å². The zero-order chi connectivity index (χ0) is 28.5. The first-order chi connectivity index (χ1) is 20.6. The maximum Gasteiger partial charge on any atom is 0.131 e. The van der Waals surface area contributed by atoms with E-state index in [0.29, 0.717) is 5.92 Å². The minimum Gasteiger partial charge on any atom is -0.484 e. The average molecular weight is 605 g/mol. The number of ether oxygens (including phenoxy) is 1. The van der Waals surface area contributed by atoms with Crippen molar-refractivity contribution in [3.05, 3.63) is 47.3 Å². The van der Waals surface area contributed by atoms with Gasteiger partial charge in [0.2, 0.25) is 0 Å². The van der Waals surface area contributed by atoms with Crippen LogP contribution in [0.3, 0.4) is 0 Å². The number of para-hydroxylation sites is 1. The number of rotatable bonds is 6. The smallest absolute Gasteiger partial charge is 0.131 e. The van der Waals surface area contributed by atoms with Crippen LogP contribution in [0.1, 0.15) is 148 Å². The number of fused-ring (bicyclic) bond motifs is 2. The van der Waals surface area contributed by atoms with Crippen molar-refractivity contribution in [1.29, 1.82) is 0 Å². The predicted octanol–water partition coefficient (Wildman–Crippen LogP) is 11.7. The maximum absolute atomic E-state index is 7.65. The van der Waals surface area contributed by atoms with Crippen LogP contribution in [-0.4, -0.2) is 28.7 Å². The third-order valence-corrected chi connectivity index (χ3v) is 19.5. The molecule has 4 fully saturated rings. The van der Waals surface area contributed by atoms with Crippen molar-refractivity contribution in [2.24, 2.45) is 5.92 Å². The molecule has 42 heavy (non-hydrogen) atoms. The summed E-state index contributed by atoms with van der Waals surface area (Å²) in [6.45, 7) is 5.13. The minimum absolute atomic E-state index is 0.102. The lowest BCUT2D eigenvalue weighted by Crippen LogP contribution is -2.47. The van der Waals surface area contributed by atoms with Gasteiger partial charge in [-0.2, -0.15) is 0 Å². The van der Waals surface area contributed by atoms with E-state index < -0.39 is 0 Å². The molecular formula is C39H58OP2. The Morgan fingerprint density at radius 1 is 0.619 bits per heavy atom. The van der Waals surface area contributed by atoms with Gasteiger partial charge in [-0.05, 0) is 79.3 Å². The Morgan fingerprint density at radius 2 is 1.10 bits per heavy atom. The second-order valence-corrected chi connectivity index (χ2v) is 20.9. The lowest BCUT2D eigenvalue weighted by Gasteiger charge is -2.51. The summed E-state index contributed by atoms with van der Waals surface area (Å²) in [4.78, 5) is 0. The van der Waals surface area contributed by atoms with Crippen LogP contribution in [0.4, 0.5) is 0 Å². The molecule has 5 aliphatic carbocycles. The first kappa shape index (κ1) is 30.0. The molecule has 3 heteroatoms. The molecule has 0 aromatic heterocycles. The molecule has 0 N–H and O–H groups in total. The molecule has 0 saturated heterocycles. The molecule has 4 saturated carbocycles. The summed E-state index contributed by atoms with van der Waals surface area (Å²) in [6.07, 6.45) is 37.1. The van der Waals surface area contributed by atoms with Crippen molar-refractivity contribution >= 4 is 21.1 Å². The lowest BCUT2D eigenvalue weighted by atomic mass is 9.68. The summed E-state index contributed by atoms with van der Waals surface area (Å²) in [5.74, 6) is 1.82. The van der Waals surface area contributed by atoms with Crippen LogP contribution in [0.2, 0.25) is 0 Å². The van der Waals surface area contributed by atoms with Crippen molar-refractivity contribution in [3.63, 3.8) is 0 Å². The summed E-state index contributed by atoms with van der Waals surface area (Å²) in [5.41, 5.74) is 5.31. The fourth-order valence-corrected chi connectivity index (χ4v) is 18.1. The number of hydrogen-bond acceptors (Lipinski definition) is 1. The average Bonchev–Trinajstić information content (AvgIpc) is 3.04. The Hall–Kier alpha value is -0.640. The second kappa shape index (κ2) is 13.4. The van der Waals surface area contributed by atoms with Crippen molar-refractivity contribution in [2.45, 2.75) is 176 Å². The third kappa shape index (κ3) is 5.87. The van der Waals surface area contributed by atoms with Gasteiger partial charge in [0.1, 0.15) is 11.9 Å². The number of benzene rings is 1. The van der Waals surface area contributed by atoms with E-state index in [1.54, 1.807) is 10.6 Å². The van der Waals surface area contributed by atoms with E-state index in [2.05, 4.69) is 50.3 Å². The fourth-order valence-electron chi connectivity index (χ4n) is 10.2. The zero-order valence-corrected chi connectivity index (χ0v) is 28.7. The highest BCUT2D eigenvalue weighted by molar-refractivity contribution is 7.67. The van der Waals surface area contributed by atoms with E-state index in [0.717, 1.165) is 22.6 Å². The van der Waals surface area contributed by atoms with E-state index >= 15 is 0 Å². The molecule has 6 aliphatic rings. The van der Waals surface area contributed by atoms with Crippen LogP contribution < -0.4 is 10.0 Å². The quantitative estimate of drug-likeness (QED) is 0.294. The molecule has 2 atom stereocenters. The Bertz CT molecular complexity index is 1080. The van der Waals surface area contributed by atoms with Gasteiger partial charge in [0.15, 0.2) is 0 Å². The molecule has 1 nitrogen and oxygen atoms in total. The van der Waals surface area contributed by atoms with Gasteiger partial charge in [0.05, 0.1) is 0 Å². The van der Waals surface area contributed by atoms with Crippen LogP contribution in [0.25, 0.3) is 0 Å². The van der Waals surface area contributed by atoms with Crippen molar-refractivity contribution in [2.75, 3.05) is 0 Å². The first-order valence-corrected chi connectivity index (χ1v) is 21.3. The Labute approximate surface area is 260 Å². The third-order valence-electron chi connectivity index (χ3n) is 12.4. The van der Waals surface area contributed by atoms with E-state index in [9.17, 15) is 0 Å². The Balaban J connectivity index is 1.29. The van der Waals surface area contributed by atoms with Crippen LogP contribution in [-0.2, 0) is 5.41 Å².